The van der Waals surface area contributed by atoms with Crippen LogP contribution in [0.2, 0.25) is 0 Å². The number of rotatable bonds is 5. The fraction of sp³-hybridized carbons (Fsp3) is 0.444. The first kappa shape index (κ1) is 19.9. The summed E-state index contributed by atoms with van der Waals surface area (Å²) < 4.78 is 32.3. The summed E-state index contributed by atoms with van der Waals surface area (Å²) in [6.07, 6.45) is 3.28. The molecule has 1 amide bonds. The molecule has 3 rings (SSSR count). The Labute approximate surface area is 163 Å². The Morgan fingerprint density at radius 2 is 2.00 bits per heavy atom. The Morgan fingerprint density at radius 1 is 1.30 bits per heavy atom. The van der Waals surface area contributed by atoms with Gasteiger partial charge in [0.1, 0.15) is 10.6 Å². The van der Waals surface area contributed by atoms with E-state index in [1.54, 1.807) is 25.6 Å². The van der Waals surface area contributed by atoms with Crippen molar-refractivity contribution >= 4 is 33.4 Å². The van der Waals surface area contributed by atoms with Gasteiger partial charge in [0, 0.05) is 23.7 Å². The zero-order valence-corrected chi connectivity index (χ0v) is 17.2. The molecule has 1 atom stereocenters. The van der Waals surface area contributed by atoms with Crippen molar-refractivity contribution in [3.63, 3.8) is 0 Å². The molecule has 7 nitrogen and oxygen atoms in total. The van der Waals surface area contributed by atoms with Gasteiger partial charge in [0.05, 0.1) is 5.92 Å². The number of anilines is 1. The fourth-order valence-corrected chi connectivity index (χ4v) is 5.49. The number of nitrogens with one attached hydrogen (secondary N) is 1. The first-order chi connectivity index (χ1) is 12.8. The molecule has 1 aliphatic rings. The maximum Gasteiger partial charge on any atom is 0.248 e. The predicted molar refractivity (Wildman–Crippen MR) is 104 cm³/mol. The van der Waals surface area contributed by atoms with E-state index in [9.17, 15) is 13.2 Å². The van der Waals surface area contributed by atoms with Crippen LogP contribution in [0, 0.1) is 19.8 Å². The van der Waals surface area contributed by atoms with Crippen LogP contribution in [0.3, 0.4) is 0 Å². The van der Waals surface area contributed by atoms with Crippen LogP contribution in [0.25, 0.3) is 0 Å². The van der Waals surface area contributed by atoms with Crippen LogP contribution in [0.15, 0.2) is 38.6 Å². The molecule has 0 saturated carbocycles. The third kappa shape index (κ3) is 4.20. The lowest BCUT2D eigenvalue weighted by Crippen LogP contribution is -2.43. The molecule has 0 aliphatic carbocycles. The van der Waals surface area contributed by atoms with Crippen LogP contribution in [0.5, 0.6) is 0 Å². The molecule has 2 heterocycles. The SMILES string of the molecule is CSc1ccc(NC(=O)[C@H]2CCCN(S(=O)(=O)c3c(C)noc3C)C2)cc1. The number of hydrogen-bond acceptors (Lipinski definition) is 6. The van der Waals surface area contributed by atoms with Gasteiger partial charge in [0.2, 0.25) is 15.9 Å². The van der Waals surface area contributed by atoms with Gasteiger partial charge >= 0.3 is 0 Å². The first-order valence-corrected chi connectivity index (χ1v) is 11.4. The Morgan fingerprint density at radius 3 is 2.59 bits per heavy atom. The van der Waals surface area contributed by atoms with Crippen molar-refractivity contribution in [2.75, 3.05) is 24.7 Å². The maximum absolute atomic E-state index is 13.0. The summed E-state index contributed by atoms with van der Waals surface area (Å²) in [4.78, 5) is 13.9. The molecule has 1 aliphatic heterocycles. The second-order valence-electron chi connectivity index (χ2n) is 6.57. The van der Waals surface area contributed by atoms with Gasteiger partial charge in [0.25, 0.3) is 0 Å². The Balaban J connectivity index is 1.72. The van der Waals surface area contributed by atoms with E-state index in [1.165, 1.54) is 4.31 Å². The molecular formula is C18H23N3O4S2. The Hall–Kier alpha value is -1.84. The summed E-state index contributed by atoms with van der Waals surface area (Å²) in [5, 5.41) is 6.63. The number of nitrogens with zero attached hydrogens (tertiary/aromatic N) is 2. The molecule has 0 radical (unpaired) electrons. The molecule has 0 unspecified atom stereocenters. The molecule has 2 aromatic rings. The molecule has 1 aromatic carbocycles. The third-order valence-corrected chi connectivity index (χ3v) is 7.53. The molecule has 1 N–H and O–H groups in total. The summed E-state index contributed by atoms with van der Waals surface area (Å²) in [7, 11) is -3.73. The average Bonchev–Trinajstić information content (AvgIpc) is 3.01. The standard InChI is InChI=1S/C18H23N3O4S2/c1-12-17(13(2)25-20-12)27(23,24)21-10-4-5-14(11-21)18(22)19-15-6-8-16(26-3)9-7-15/h6-9,14H,4-5,10-11H2,1-3H3,(H,19,22)/t14-/m0/s1. The van der Waals surface area contributed by atoms with Crippen LogP contribution in [-0.4, -0.2) is 43.1 Å². The second-order valence-corrected chi connectivity index (χ2v) is 9.33. The van der Waals surface area contributed by atoms with Crippen LogP contribution in [0.4, 0.5) is 5.69 Å². The van der Waals surface area contributed by atoms with Crippen LogP contribution < -0.4 is 5.32 Å². The number of hydrogen-bond donors (Lipinski definition) is 1. The molecule has 0 spiro atoms. The summed E-state index contributed by atoms with van der Waals surface area (Å²) in [6, 6.07) is 7.58. The summed E-state index contributed by atoms with van der Waals surface area (Å²) in [6.45, 7) is 3.73. The van der Waals surface area contributed by atoms with E-state index in [0.717, 1.165) is 4.90 Å². The summed E-state index contributed by atoms with van der Waals surface area (Å²) in [5.74, 6) is -0.284. The molecule has 146 valence electrons. The number of carbonyl (C=O) groups is 1. The number of aromatic nitrogens is 1. The topological polar surface area (TPSA) is 92.5 Å². The van der Waals surface area contributed by atoms with Gasteiger partial charge in [-0.05, 0) is 57.2 Å². The number of aryl methyl sites for hydroxylation is 2. The zero-order chi connectivity index (χ0) is 19.6. The number of amides is 1. The van der Waals surface area contributed by atoms with Gasteiger partial charge in [-0.15, -0.1) is 11.8 Å². The number of piperidine rings is 1. The van der Waals surface area contributed by atoms with E-state index >= 15 is 0 Å². The van der Waals surface area contributed by atoms with E-state index in [1.807, 2.05) is 30.5 Å². The molecule has 1 saturated heterocycles. The average molecular weight is 410 g/mol. The van der Waals surface area contributed by atoms with E-state index in [2.05, 4.69) is 10.5 Å². The smallest absolute Gasteiger partial charge is 0.248 e. The normalized spacial score (nSPS) is 18.4. The molecule has 27 heavy (non-hydrogen) atoms. The summed E-state index contributed by atoms with van der Waals surface area (Å²) >= 11 is 1.63. The van der Waals surface area contributed by atoms with Crippen molar-refractivity contribution in [1.29, 1.82) is 0 Å². The van der Waals surface area contributed by atoms with Gasteiger partial charge in [-0.3, -0.25) is 4.79 Å². The van der Waals surface area contributed by atoms with Crippen molar-refractivity contribution in [1.82, 2.24) is 9.46 Å². The van der Waals surface area contributed by atoms with Gasteiger partial charge < -0.3 is 9.84 Å². The lowest BCUT2D eigenvalue weighted by molar-refractivity contribution is -0.120. The highest BCUT2D eigenvalue weighted by molar-refractivity contribution is 7.98. The fourth-order valence-electron chi connectivity index (χ4n) is 3.27. The molecule has 0 bridgehead atoms. The van der Waals surface area contributed by atoms with Crippen LogP contribution in [0.1, 0.15) is 24.3 Å². The Kier molecular flexibility index (Phi) is 5.92. The quantitative estimate of drug-likeness (QED) is 0.763. The van der Waals surface area contributed by atoms with E-state index in [-0.39, 0.29) is 23.1 Å². The largest absolute Gasteiger partial charge is 0.360 e. The van der Waals surface area contributed by atoms with E-state index in [4.69, 9.17) is 4.52 Å². The minimum absolute atomic E-state index is 0.108. The minimum atomic E-state index is -3.73. The van der Waals surface area contributed by atoms with Gasteiger partial charge in [-0.25, -0.2) is 8.42 Å². The number of thioether (sulfide) groups is 1. The Bertz CT molecular complexity index is 903. The number of sulfonamides is 1. The molecule has 1 fully saturated rings. The van der Waals surface area contributed by atoms with E-state index < -0.39 is 15.9 Å². The van der Waals surface area contributed by atoms with Crippen molar-refractivity contribution in [2.24, 2.45) is 5.92 Å². The minimum Gasteiger partial charge on any atom is -0.360 e. The molecule has 9 heteroatoms. The van der Waals surface area contributed by atoms with Crippen LogP contribution >= 0.6 is 11.8 Å². The van der Waals surface area contributed by atoms with Gasteiger partial charge in [-0.1, -0.05) is 5.16 Å². The lowest BCUT2D eigenvalue weighted by atomic mass is 9.99. The van der Waals surface area contributed by atoms with Crippen molar-refractivity contribution in [3.8, 4) is 0 Å². The highest BCUT2D eigenvalue weighted by Crippen LogP contribution is 2.28. The highest BCUT2D eigenvalue weighted by Gasteiger charge is 2.36. The van der Waals surface area contributed by atoms with E-state index in [0.29, 0.717) is 30.8 Å². The van der Waals surface area contributed by atoms with Gasteiger partial charge in [-0.2, -0.15) is 4.31 Å². The lowest BCUT2D eigenvalue weighted by Gasteiger charge is -2.31. The summed E-state index contributed by atoms with van der Waals surface area (Å²) in [5.41, 5.74) is 1.05. The second kappa shape index (κ2) is 8.04. The highest BCUT2D eigenvalue weighted by atomic mass is 32.2. The van der Waals surface area contributed by atoms with Gasteiger partial charge in [0.15, 0.2) is 5.76 Å². The van der Waals surface area contributed by atoms with Crippen molar-refractivity contribution in [2.45, 2.75) is 36.5 Å². The molecular weight excluding hydrogens is 386 g/mol. The predicted octanol–water partition coefficient (Wildman–Crippen LogP) is 3.05. The van der Waals surface area contributed by atoms with Crippen molar-refractivity contribution < 1.29 is 17.7 Å². The number of carbonyl (C=O) groups excluding carboxylic acids is 1. The van der Waals surface area contributed by atoms with Crippen molar-refractivity contribution in [3.05, 3.63) is 35.7 Å². The van der Waals surface area contributed by atoms with Crippen LogP contribution in [-0.2, 0) is 14.8 Å². The first-order valence-electron chi connectivity index (χ1n) is 8.71. The molecule has 1 aromatic heterocycles. The zero-order valence-electron chi connectivity index (χ0n) is 15.6. The monoisotopic (exact) mass is 409 g/mol. The third-order valence-electron chi connectivity index (χ3n) is 4.68. The number of benzene rings is 1. The maximum atomic E-state index is 13.0.